The molecule has 0 radical (unpaired) electrons. The van der Waals surface area contributed by atoms with Crippen molar-refractivity contribution >= 4 is 11.8 Å². The quantitative estimate of drug-likeness (QED) is 0.655. The Bertz CT molecular complexity index is 635. The molecule has 4 rings (SSSR count). The monoisotopic (exact) mass is 344 g/mol. The van der Waals surface area contributed by atoms with E-state index in [9.17, 15) is 9.59 Å². The van der Waals surface area contributed by atoms with Gasteiger partial charge in [-0.25, -0.2) is 0 Å². The van der Waals surface area contributed by atoms with Crippen LogP contribution in [0.25, 0.3) is 0 Å². The number of hydrogen-bond acceptors (Lipinski definition) is 3. The Morgan fingerprint density at radius 3 is 2.64 bits per heavy atom. The zero-order chi connectivity index (χ0) is 18.0. The molecule has 0 aromatic heterocycles. The maximum absolute atomic E-state index is 12.4. The van der Waals surface area contributed by atoms with Crippen LogP contribution in [-0.4, -0.2) is 18.9 Å². The zero-order valence-electron chi connectivity index (χ0n) is 16.1. The predicted octanol–water partition coefficient (Wildman–Crippen LogP) is 4.55. The fourth-order valence-electron chi connectivity index (χ4n) is 7.43. The van der Waals surface area contributed by atoms with Gasteiger partial charge >= 0.3 is 5.97 Å². The Kier molecular flexibility index (Phi) is 3.94. The van der Waals surface area contributed by atoms with E-state index in [2.05, 4.69) is 20.8 Å². The van der Waals surface area contributed by atoms with Crippen LogP contribution in [0, 0.1) is 40.4 Å². The van der Waals surface area contributed by atoms with Gasteiger partial charge in [-0.1, -0.05) is 26.3 Å². The maximum Gasteiger partial charge on any atom is 0.309 e. The molecule has 7 atom stereocenters. The second-order valence-electron chi connectivity index (χ2n) is 9.72. The molecule has 0 spiro atoms. The first kappa shape index (κ1) is 17.3. The lowest BCUT2D eigenvalue weighted by atomic mass is 9.45. The average Bonchev–Trinajstić information content (AvgIpc) is 2.93. The van der Waals surface area contributed by atoms with Crippen LogP contribution in [0.2, 0.25) is 0 Å². The van der Waals surface area contributed by atoms with Gasteiger partial charge in [0.2, 0.25) is 0 Å². The minimum absolute atomic E-state index is 0.00183. The lowest BCUT2D eigenvalue weighted by Gasteiger charge is -2.60. The summed E-state index contributed by atoms with van der Waals surface area (Å²) in [7, 11) is 1.53. The lowest BCUT2D eigenvalue weighted by molar-refractivity contribution is -0.154. The standard InChI is InChI=1S/C22H32O3/c1-13-11-14-12-15(23)7-9-21(14,2)17-8-10-22(3)16(19(13)17)5-6-18(22)20(24)25-4/h12-13,16-19H,5-11H2,1-4H3/t13-,16-,17-,18+,19-,21-,22-/m0/s1. The first-order valence-electron chi connectivity index (χ1n) is 10.1. The molecule has 0 N–H and O–H groups in total. The first-order valence-corrected chi connectivity index (χ1v) is 10.1. The second kappa shape index (κ2) is 5.69. The second-order valence-corrected chi connectivity index (χ2v) is 9.72. The summed E-state index contributed by atoms with van der Waals surface area (Å²) in [6.45, 7) is 7.16. The summed E-state index contributed by atoms with van der Waals surface area (Å²) < 4.78 is 5.14. The molecule has 0 amide bonds. The zero-order valence-corrected chi connectivity index (χ0v) is 16.1. The Hall–Kier alpha value is -1.12. The molecule has 4 aliphatic rings. The predicted molar refractivity (Wildman–Crippen MR) is 96.8 cm³/mol. The molecule has 3 fully saturated rings. The summed E-state index contributed by atoms with van der Waals surface area (Å²) in [5.74, 6) is 2.99. The third-order valence-electron chi connectivity index (χ3n) is 8.80. The highest BCUT2D eigenvalue weighted by atomic mass is 16.5. The van der Waals surface area contributed by atoms with Gasteiger partial charge < -0.3 is 4.74 Å². The molecular weight excluding hydrogens is 312 g/mol. The minimum atomic E-state index is 0.00183. The van der Waals surface area contributed by atoms with E-state index >= 15 is 0 Å². The van der Waals surface area contributed by atoms with Crippen LogP contribution in [0.15, 0.2) is 11.6 Å². The summed E-state index contributed by atoms with van der Waals surface area (Å²) in [5, 5.41) is 0. The third kappa shape index (κ3) is 2.30. The molecule has 3 nitrogen and oxygen atoms in total. The lowest BCUT2D eigenvalue weighted by Crippen LogP contribution is -2.53. The van der Waals surface area contributed by atoms with Crippen molar-refractivity contribution in [2.75, 3.05) is 7.11 Å². The molecule has 0 bridgehead atoms. The van der Waals surface area contributed by atoms with Gasteiger partial charge in [0, 0.05) is 6.42 Å². The molecule has 138 valence electrons. The van der Waals surface area contributed by atoms with Crippen molar-refractivity contribution in [2.24, 2.45) is 40.4 Å². The third-order valence-corrected chi connectivity index (χ3v) is 8.80. The van der Waals surface area contributed by atoms with Gasteiger partial charge in [-0.15, -0.1) is 0 Å². The number of methoxy groups -OCH3 is 1. The summed E-state index contributed by atoms with van der Waals surface area (Å²) >= 11 is 0. The average molecular weight is 344 g/mol. The summed E-state index contributed by atoms with van der Waals surface area (Å²) in [5.41, 5.74) is 1.73. The van der Waals surface area contributed by atoms with Crippen molar-refractivity contribution in [3.05, 3.63) is 11.6 Å². The van der Waals surface area contributed by atoms with Gasteiger partial charge in [-0.2, -0.15) is 0 Å². The molecule has 4 aliphatic carbocycles. The Morgan fingerprint density at radius 1 is 1.16 bits per heavy atom. The van der Waals surface area contributed by atoms with Crippen molar-refractivity contribution < 1.29 is 14.3 Å². The Labute approximate surface area is 151 Å². The van der Waals surface area contributed by atoms with E-state index < -0.39 is 0 Å². The van der Waals surface area contributed by atoms with Gasteiger partial charge in [-0.3, -0.25) is 9.59 Å². The molecular formula is C22H32O3. The molecule has 0 heterocycles. The first-order chi connectivity index (χ1) is 11.8. The molecule has 0 aromatic rings. The Balaban J connectivity index is 1.69. The molecule has 25 heavy (non-hydrogen) atoms. The van der Waals surface area contributed by atoms with E-state index in [1.54, 1.807) is 0 Å². The summed E-state index contributed by atoms with van der Waals surface area (Å²) in [4.78, 5) is 24.4. The number of hydrogen-bond donors (Lipinski definition) is 0. The fraction of sp³-hybridized carbons (Fsp3) is 0.818. The molecule has 3 heteroatoms. The number of carbonyl (C=O) groups excluding carboxylic acids is 2. The SMILES string of the molecule is COC(=O)[C@H]1CC[C@H]2[C@@H]3[C@@H](C)CC4=CC(=O)CC[C@]4(C)[C@H]3CC[C@]12C. The number of fused-ring (bicyclic) bond motifs is 5. The summed E-state index contributed by atoms with van der Waals surface area (Å²) in [6.07, 6.45) is 9.26. The van der Waals surface area contributed by atoms with Crippen LogP contribution in [0.3, 0.4) is 0 Å². The molecule has 0 unspecified atom stereocenters. The molecule has 3 saturated carbocycles. The van der Waals surface area contributed by atoms with Gasteiger partial charge in [0.25, 0.3) is 0 Å². The van der Waals surface area contributed by atoms with Crippen molar-refractivity contribution in [2.45, 2.75) is 65.7 Å². The van der Waals surface area contributed by atoms with E-state index in [1.165, 1.54) is 19.1 Å². The number of carbonyl (C=O) groups is 2. The highest BCUT2D eigenvalue weighted by Gasteiger charge is 2.61. The normalized spacial score (nSPS) is 48.9. The summed E-state index contributed by atoms with van der Waals surface area (Å²) in [6, 6.07) is 0. The van der Waals surface area contributed by atoms with Gasteiger partial charge in [-0.05, 0) is 79.1 Å². The van der Waals surface area contributed by atoms with E-state index in [1.807, 2.05) is 6.08 Å². The molecule has 0 aliphatic heterocycles. The van der Waals surface area contributed by atoms with Gasteiger partial charge in [0.15, 0.2) is 5.78 Å². The maximum atomic E-state index is 12.4. The number of ether oxygens (including phenoxy) is 1. The van der Waals surface area contributed by atoms with E-state index in [4.69, 9.17) is 4.74 Å². The van der Waals surface area contributed by atoms with E-state index in [-0.39, 0.29) is 22.7 Å². The van der Waals surface area contributed by atoms with Crippen molar-refractivity contribution in [3.63, 3.8) is 0 Å². The largest absolute Gasteiger partial charge is 0.469 e. The number of allylic oxidation sites excluding steroid dienone is 1. The van der Waals surface area contributed by atoms with Crippen LogP contribution in [0.5, 0.6) is 0 Å². The van der Waals surface area contributed by atoms with Crippen LogP contribution in [-0.2, 0) is 14.3 Å². The van der Waals surface area contributed by atoms with Crippen molar-refractivity contribution in [1.82, 2.24) is 0 Å². The van der Waals surface area contributed by atoms with Crippen molar-refractivity contribution in [3.8, 4) is 0 Å². The van der Waals surface area contributed by atoms with Crippen molar-refractivity contribution in [1.29, 1.82) is 0 Å². The van der Waals surface area contributed by atoms with Crippen LogP contribution < -0.4 is 0 Å². The van der Waals surface area contributed by atoms with E-state index in [0.717, 1.165) is 32.1 Å². The van der Waals surface area contributed by atoms with Gasteiger partial charge in [0.1, 0.15) is 0 Å². The highest BCUT2D eigenvalue weighted by molar-refractivity contribution is 5.91. The number of rotatable bonds is 1. The number of esters is 1. The van der Waals surface area contributed by atoms with Crippen LogP contribution in [0.1, 0.15) is 65.7 Å². The topological polar surface area (TPSA) is 43.4 Å². The fourth-order valence-corrected chi connectivity index (χ4v) is 7.43. The number of ketones is 1. The van der Waals surface area contributed by atoms with Crippen LogP contribution in [0.4, 0.5) is 0 Å². The molecule has 0 aromatic carbocycles. The molecule has 0 saturated heterocycles. The van der Waals surface area contributed by atoms with Gasteiger partial charge in [0.05, 0.1) is 13.0 Å². The Morgan fingerprint density at radius 2 is 1.92 bits per heavy atom. The van der Waals surface area contributed by atoms with E-state index in [0.29, 0.717) is 35.9 Å². The smallest absolute Gasteiger partial charge is 0.309 e. The van der Waals surface area contributed by atoms with Crippen LogP contribution >= 0.6 is 0 Å². The highest BCUT2D eigenvalue weighted by Crippen LogP contribution is 2.67. The minimum Gasteiger partial charge on any atom is -0.469 e.